The first kappa shape index (κ1) is 13.1. The van der Waals surface area contributed by atoms with Crippen molar-refractivity contribution in [3.05, 3.63) is 85.1 Å². The van der Waals surface area contributed by atoms with Gasteiger partial charge in [0.15, 0.2) is 0 Å². The van der Waals surface area contributed by atoms with E-state index in [1.165, 1.54) is 10.8 Å². The van der Waals surface area contributed by atoms with Gasteiger partial charge in [-0.05, 0) is 30.3 Å². The number of H-pyrrole nitrogens is 1. The molecule has 5 aromatic rings. The first-order valence-electron chi connectivity index (χ1n) is 8.00. The summed E-state index contributed by atoms with van der Waals surface area (Å²) >= 11 is 0. The van der Waals surface area contributed by atoms with Gasteiger partial charge in [0.2, 0.25) is 0 Å². The van der Waals surface area contributed by atoms with Gasteiger partial charge in [-0.15, -0.1) is 0 Å². The molecule has 0 saturated carbocycles. The number of aromatic nitrogens is 3. The van der Waals surface area contributed by atoms with Gasteiger partial charge in [0.1, 0.15) is 0 Å². The number of para-hydroxylation sites is 1. The third kappa shape index (κ3) is 1.95. The van der Waals surface area contributed by atoms with Gasteiger partial charge in [0, 0.05) is 27.4 Å². The molecule has 0 unspecified atom stereocenters. The first-order valence-corrected chi connectivity index (χ1v) is 8.00. The van der Waals surface area contributed by atoms with Crippen molar-refractivity contribution in [3.8, 4) is 16.9 Å². The van der Waals surface area contributed by atoms with Gasteiger partial charge in [-0.1, -0.05) is 48.5 Å². The zero-order valence-corrected chi connectivity index (χ0v) is 13.0. The van der Waals surface area contributed by atoms with E-state index in [1.54, 1.807) is 0 Å². The second-order valence-electron chi connectivity index (χ2n) is 5.89. The quantitative estimate of drug-likeness (QED) is 0.479. The highest BCUT2D eigenvalue weighted by atomic mass is 15.3. The Kier molecular flexibility index (Phi) is 2.79. The van der Waals surface area contributed by atoms with Gasteiger partial charge in [-0.3, -0.25) is 0 Å². The molecule has 2 aromatic heterocycles. The summed E-state index contributed by atoms with van der Waals surface area (Å²) in [7, 11) is 0. The standard InChI is InChI=1S/C21H15N3/c1-2-6-15(7-3-1)21-12-13-22-24(21)16-10-11-20-18(14-16)17-8-4-5-9-19(17)23-20/h1-14,23H. The van der Waals surface area contributed by atoms with Crippen LogP contribution in [0.5, 0.6) is 0 Å². The van der Waals surface area contributed by atoms with E-state index in [1.807, 2.05) is 16.9 Å². The lowest BCUT2D eigenvalue weighted by molar-refractivity contribution is 0.889. The van der Waals surface area contributed by atoms with Crippen molar-refractivity contribution < 1.29 is 0 Å². The van der Waals surface area contributed by atoms with E-state index in [-0.39, 0.29) is 0 Å². The Morgan fingerprint density at radius 1 is 0.708 bits per heavy atom. The largest absolute Gasteiger partial charge is 0.355 e. The van der Waals surface area contributed by atoms with Crippen LogP contribution in [-0.2, 0) is 0 Å². The molecule has 0 atom stereocenters. The van der Waals surface area contributed by atoms with Gasteiger partial charge in [0.25, 0.3) is 0 Å². The number of nitrogens with one attached hydrogen (secondary N) is 1. The van der Waals surface area contributed by atoms with E-state index < -0.39 is 0 Å². The molecule has 114 valence electrons. The molecule has 3 nitrogen and oxygen atoms in total. The molecule has 0 aliphatic heterocycles. The van der Waals surface area contributed by atoms with Crippen molar-refractivity contribution in [2.45, 2.75) is 0 Å². The fraction of sp³-hybridized carbons (Fsp3) is 0. The summed E-state index contributed by atoms with van der Waals surface area (Å²) in [4.78, 5) is 3.47. The summed E-state index contributed by atoms with van der Waals surface area (Å²) in [6.07, 6.45) is 1.85. The van der Waals surface area contributed by atoms with Crippen LogP contribution in [0.15, 0.2) is 85.1 Å². The molecule has 2 heterocycles. The van der Waals surface area contributed by atoms with Crippen LogP contribution in [0.25, 0.3) is 38.8 Å². The Balaban J connectivity index is 1.73. The molecule has 0 radical (unpaired) electrons. The van der Waals surface area contributed by atoms with Crippen LogP contribution in [0, 0.1) is 0 Å². The molecule has 5 rings (SSSR count). The van der Waals surface area contributed by atoms with E-state index in [4.69, 9.17) is 0 Å². The maximum absolute atomic E-state index is 4.54. The smallest absolute Gasteiger partial charge is 0.0740 e. The van der Waals surface area contributed by atoms with Crippen LogP contribution in [0.4, 0.5) is 0 Å². The van der Waals surface area contributed by atoms with Crippen LogP contribution < -0.4 is 0 Å². The minimum atomic E-state index is 1.07. The first-order chi connectivity index (χ1) is 11.9. The molecule has 0 fully saturated rings. The number of hydrogen-bond donors (Lipinski definition) is 1. The minimum Gasteiger partial charge on any atom is -0.355 e. The predicted octanol–water partition coefficient (Wildman–Crippen LogP) is 5.17. The molecular weight excluding hydrogens is 294 g/mol. The topological polar surface area (TPSA) is 33.6 Å². The summed E-state index contributed by atoms with van der Waals surface area (Å²) in [5, 5.41) is 7.00. The molecule has 0 bridgehead atoms. The van der Waals surface area contributed by atoms with Crippen molar-refractivity contribution in [1.82, 2.24) is 14.8 Å². The molecule has 0 amide bonds. The normalized spacial score (nSPS) is 11.3. The minimum absolute atomic E-state index is 1.07. The highest BCUT2D eigenvalue weighted by molar-refractivity contribution is 6.07. The summed E-state index contributed by atoms with van der Waals surface area (Å²) in [5.41, 5.74) is 5.63. The average Bonchev–Trinajstić information content (AvgIpc) is 3.26. The monoisotopic (exact) mass is 309 g/mol. The van der Waals surface area contributed by atoms with Crippen LogP contribution >= 0.6 is 0 Å². The number of nitrogens with zero attached hydrogens (tertiary/aromatic N) is 2. The Hall–Kier alpha value is -3.33. The van der Waals surface area contributed by atoms with Crippen molar-refractivity contribution >= 4 is 21.8 Å². The lowest BCUT2D eigenvalue weighted by Crippen LogP contribution is -1.98. The Morgan fingerprint density at radius 2 is 1.50 bits per heavy atom. The van der Waals surface area contributed by atoms with Crippen molar-refractivity contribution in [3.63, 3.8) is 0 Å². The summed E-state index contributed by atoms with van der Waals surface area (Å²) < 4.78 is 2.00. The zero-order chi connectivity index (χ0) is 15.9. The molecule has 3 aromatic carbocycles. The molecule has 3 heteroatoms. The highest BCUT2D eigenvalue weighted by Crippen LogP contribution is 2.29. The number of benzene rings is 3. The van der Waals surface area contributed by atoms with Crippen LogP contribution in [0.3, 0.4) is 0 Å². The lowest BCUT2D eigenvalue weighted by atomic mass is 10.1. The number of fused-ring (bicyclic) bond motifs is 3. The fourth-order valence-corrected chi connectivity index (χ4v) is 3.30. The molecule has 0 spiro atoms. The molecule has 24 heavy (non-hydrogen) atoms. The highest BCUT2D eigenvalue weighted by Gasteiger charge is 2.10. The van der Waals surface area contributed by atoms with Crippen molar-refractivity contribution in [2.24, 2.45) is 0 Å². The zero-order valence-electron chi connectivity index (χ0n) is 13.0. The maximum atomic E-state index is 4.54. The molecule has 0 aliphatic rings. The summed E-state index contributed by atoms with van der Waals surface area (Å²) in [6, 6.07) is 27.2. The SMILES string of the molecule is c1ccc(-c2ccnn2-c2ccc3[nH]c4ccccc4c3c2)cc1. The third-order valence-electron chi connectivity index (χ3n) is 4.45. The van der Waals surface area contributed by atoms with E-state index in [2.05, 4.69) is 82.9 Å². The molecular formula is C21H15N3. The maximum Gasteiger partial charge on any atom is 0.0740 e. The third-order valence-corrected chi connectivity index (χ3v) is 4.45. The second-order valence-corrected chi connectivity index (χ2v) is 5.89. The summed E-state index contributed by atoms with van der Waals surface area (Å²) in [5.74, 6) is 0. The Bertz CT molecular complexity index is 1150. The van der Waals surface area contributed by atoms with Gasteiger partial charge in [-0.25, -0.2) is 4.68 Å². The van der Waals surface area contributed by atoms with E-state index >= 15 is 0 Å². The van der Waals surface area contributed by atoms with E-state index in [9.17, 15) is 0 Å². The number of aromatic amines is 1. The molecule has 0 saturated heterocycles. The average molecular weight is 309 g/mol. The second kappa shape index (κ2) is 5.10. The lowest BCUT2D eigenvalue weighted by Gasteiger charge is -2.08. The summed E-state index contributed by atoms with van der Waals surface area (Å²) in [6.45, 7) is 0. The van der Waals surface area contributed by atoms with Crippen LogP contribution in [0.1, 0.15) is 0 Å². The van der Waals surface area contributed by atoms with Gasteiger partial charge < -0.3 is 4.98 Å². The van der Waals surface area contributed by atoms with Crippen LogP contribution in [-0.4, -0.2) is 14.8 Å². The van der Waals surface area contributed by atoms with E-state index in [0.29, 0.717) is 0 Å². The van der Waals surface area contributed by atoms with Gasteiger partial charge in [0.05, 0.1) is 17.6 Å². The van der Waals surface area contributed by atoms with E-state index in [0.717, 1.165) is 28.0 Å². The van der Waals surface area contributed by atoms with Crippen molar-refractivity contribution in [1.29, 1.82) is 0 Å². The van der Waals surface area contributed by atoms with Crippen LogP contribution in [0.2, 0.25) is 0 Å². The fourth-order valence-electron chi connectivity index (χ4n) is 3.30. The Labute approximate surface area is 139 Å². The molecule has 0 aliphatic carbocycles. The predicted molar refractivity (Wildman–Crippen MR) is 98.4 cm³/mol. The van der Waals surface area contributed by atoms with Gasteiger partial charge >= 0.3 is 0 Å². The number of rotatable bonds is 2. The van der Waals surface area contributed by atoms with Gasteiger partial charge in [-0.2, -0.15) is 5.10 Å². The number of hydrogen-bond acceptors (Lipinski definition) is 1. The van der Waals surface area contributed by atoms with Crippen molar-refractivity contribution in [2.75, 3.05) is 0 Å². The molecule has 1 N–H and O–H groups in total. The Morgan fingerprint density at radius 3 is 2.42 bits per heavy atom.